The van der Waals surface area contributed by atoms with Crippen LogP contribution in [0.3, 0.4) is 0 Å². The highest BCUT2D eigenvalue weighted by Gasteiger charge is 2.31. The van der Waals surface area contributed by atoms with E-state index in [1.165, 1.54) is 5.56 Å². The Hall–Kier alpha value is -1.33. The number of aliphatic imine (C=N–C) groups is 1. The molecule has 1 fully saturated rings. The van der Waals surface area contributed by atoms with E-state index in [1.54, 1.807) is 11.8 Å². The molecule has 5 heteroatoms. The molecule has 0 spiro atoms. The predicted octanol–water partition coefficient (Wildman–Crippen LogP) is 1.56. The van der Waals surface area contributed by atoms with Crippen LogP contribution in [0.25, 0.3) is 0 Å². The summed E-state index contributed by atoms with van der Waals surface area (Å²) in [6.45, 7) is 3.10. The molecule has 0 radical (unpaired) electrons. The highest BCUT2D eigenvalue weighted by molar-refractivity contribution is 8.15. The predicted molar refractivity (Wildman–Crippen MR) is 76.4 cm³/mol. The Morgan fingerprint density at radius 2 is 2.00 bits per heavy atom. The fourth-order valence-electron chi connectivity index (χ4n) is 2.23. The number of carbonyl (C=O) groups excluding carboxylic acids is 1. The van der Waals surface area contributed by atoms with Crippen LogP contribution in [-0.4, -0.2) is 47.5 Å². The van der Waals surface area contributed by atoms with Crippen LogP contribution in [0.2, 0.25) is 0 Å². The highest BCUT2D eigenvalue weighted by Crippen LogP contribution is 2.27. The first kappa shape index (κ1) is 12.7. The van der Waals surface area contributed by atoms with Crippen molar-refractivity contribution in [1.29, 1.82) is 0 Å². The van der Waals surface area contributed by atoms with Crippen LogP contribution in [0, 0.1) is 0 Å². The second-order valence-electron chi connectivity index (χ2n) is 4.63. The quantitative estimate of drug-likeness (QED) is 0.822. The molecule has 2 aliphatic rings. The topological polar surface area (TPSA) is 41.9 Å². The van der Waals surface area contributed by atoms with Gasteiger partial charge in [-0.3, -0.25) is 4.79 Å². The molecule has 1 atom stereocenters. The fraction of sp³-hybridized carbons (Fsp3) is 0.429. The SMILES string of the molecule is O=C1N=C(N2CCOCC2)SC1Cc1ccccc1. The Kier molecular flexibility index (Phi) is 3.84. The third-order valence-electron chi connectivity index (χ3n) is 3.27. The number of morpholine rings is 1. The zero-order chi connectivity index (χ0) is 13.1. The number of thioether (sulfide) groups is 1. The van der Waals surface area contributed by atoms with Gasteiger partial charge in [0, 0.05) is 13.1 Å². The molecule has 0 saturated carbocycles. The molecule has 0 aliphatic carbocycles. The van der Waals surface area contributed by atoms with Gasteiger partial charge in [-0.05, 0) is 12.0 Å². The van der Waals surface area contributed by atoms with Crippen LogP contribution in [0.4, 0.5) is 0 Å². The van der Waals surface area contributed by atoms with Crippen molar-refractivity contribution in [3.05, 3.63) is 35.9 Å². The first-order valence-corrected chi connectivity index (χ1v) is 7.37. The Morgan fingerprint density at radius 1 is 1.26 bits per heavy atom. The second-order valence-corrected chi connectivity index (χ2v) is 5.80. The maximum atomic E-state index is 12.0. The van der Waals surface area contributed by atoms with Gasteiger partial charge in [-0.15, -0.1) is 0 Å². The third kappa shape index (κ3) is 2.98. The van der Waals surface area contributed by atoms with Crippen LogP contribution in [0.5, 0.6) is 0 Å². The summed E-state index contributed by atoms with van der Waals surface area (Å²) in [6, 6.07) is 10.1. The van der Waals surface area contributed by atoms with Gasteiger partial charge in [0.1, 0.15) is 0 Å². The van der Waals surface area contributed by atoms with E-state index in [0.717, 1.165) is 37.9 Å². The summed E-state index contributed by atoms with van der Waals surface area (Å²) >= 11 is 1.59. The van der Waals surface area contributed by atoms with E-state index in [2.05, 4.69) is 22.0 Å². The number of ether oxygens (including phenoxy) is 1. The molecular formula is C14H16N2O2S. The summed E-state index contributed by atoms with van der Waals surface area (Å²) in [5, 5.41) is 0.800. The van der Waals surface area contributed by atoms with E-state index in [0.29, 0.717) is 0 Å². The van der Waals surface area contributed by atoms with Crippen LogP contribution in [0.15, 0.2) is 35.3 Å². The summed E-state index contributed by atoms with van der Waals surface area (Å²) < 4.78 is 5.32. The maximum Gasteiger partial charge on any atom is 0.262 e. The summed E-state index contributed by atoms with van der Waals surface area (Å²) in [5.41, 5.74) is 1.19. The molecule has 2 heterocycles. The number of nitrogens with zero attached hydrogens (tertiary/aromatic N) is 2. The largest absolute Gasteiger partial charge is 0.378 e. The molecule has 0 aromatic heterocycles. The van der Waals surface area contributed by atoms with E-state index in [9.17, 15) is 4.79 Å². The molecule has 3 rings (SSSR count). The van der Waals surface area contributed by atoms with Crippen molar-refractivity contribution in [3.63, 3.8) is 0 Å². The molecule has 1 aromatic rings. The van der Waals surface area contributed by atoms with Crippen LogP contribution in [0.1, 0.15) is 5.56 Å². The molecule has 1 unspecified atom stereocenters. The van der Waals surface area contributed by atoms with Crippen LogP contribution >= 0.6 is 11.8 Å². The molecular weight excluding hydrogens is 260 g/mol. The van der Waals surface area contributed by atoms with Gasteiger partial charge in [-0.25, -0.2) is 0 Å². The second kappa shape index (κ2) is 5.75. The van der Waals surface area contributed by atoms with Gasteiger partial charge in [0.05, 0.1) is 18.5 Å². The van der Waals surface area contributed by atoms with Crippen molar-refractivity contribution in [2.45, 2.75) is 11.7 Å². The lowest BCUT2D eigenvalue weighted by Crippen LogP contribution is -2.39. The molecule has 2 aliphatic heterocycles. The normalized spacial score (nSPS) is 23.6. The Labute approximate surface area is 116 Å². The molecule has 1 aromatic carbocycles. The van der Waals surface area contributed by atoms with Gasteiger partial charge in [0.25, 0.3) is 5.91 Å². The summed E-state index contributed by atoms with van der Waals surface area (Å²) in [4.78, 5) is 18.3. The van der Waals surface area contributed by atoms with E-state index in [4.69, 9.17) is 4.74 Å². The standard InChI is InChI=1S/C14H16N2O2S/c17-13-12(10-11-4-2-1-3-5-11)19-14(15-13)16-6-8-18-9-7-16/h1-5,12H,6-10H2. The van der Waals surface area contributed by atoms with Crippen molar-refractivity contribution >= 4 is 22.8 Å². The summed E-state index contributed by atoms with van der Waals surface area (Å²) in [6.07, 6.45) is 0.752. The monoisotopic (exact) mass is 276 g/mol. The summed E-state index contributed by atoms with van der Waals surface area (Å²) in [7, 11) is 0. The number of amidine groups is 1. The van der Waals surface area contributed by atoms with Gasteiger partial charge >= 0.3 is 0 Å². The lowest BCUT2D eigenvalue weighted by atomic mass is 10.1. The van der Waals surface area contributed by atoms with Gasteiger partial charge < -0.3 is 9.64 Å². The number of rotatable bonds is 2. The molecule has 19 heavy (non-hydrogen) atoms. The van der Waals surface area contributed by atoms with Gasteiger partial charge in [-0.1, -0.05) is 42.1 Å². The Balaban J connectivity index is 1.63. The zero-order valence-corrected chi connectivity index (χ0v) is 11.4. The van der Waals surface area contributed by atoms with E-state index in [1.807, 2.05) is 18.2 Å². The minimum atomic E-state index is -0.0692. The minimum Gasteiger partial charge on any atom is -0.378 e. The van der Waals surface area contributed by atoms with Crippen LogP contribution < -0.4 is 0 Å². The minimum absolute atomic E-state index is 0.00431. The average Bonchev–Trinajstić information content (AvgIpc) is 2.82. The molecule has 1 saturated heterocycles. The van der Waals surface area contributed by atoms with Gasteiger partial charge in [-0.2, -0.15) is 4.99 Å². The van der Waals surface area contributed by atoms with Gasteiger partial charge in [0.2, 0.25) is 0 Å². The zero-order valence-electron chi connectivity index (χ0n) is 10.6. The lowest BCUT2D eigenvalue weighted by Gasteiger charge is -2.27. The first-order valence-electron chi connectivity index (χ1n) is 6.49. The van der Waals surface area contributed by atoms with Crippen molar-refractivity contribution in [2.75, 3.05) is 26.3 Å². The molecule has 1 amide bonds. The van der Waals surface area contributed by atoms with E-state index < -0.39 is 0 Å². The number of hydrogen-bond donors (Lipinski definition) is 0. The number of carbonyl (C=O) groups is 1. The average molecular weight is 276 g/mol. The van der Waals surface area contributed by atoms with E-state index in [-0.39, 0.29) is 11.2 Å². The van der Waals surface area contributed by atoms with E-state index >= 15 is 0 Å². The molecule has 0 N–H and O–H groups in total. The molecule has 0 bridgehead atoms. The number of benzene rings is 1. The Bertz CT molecular complexity index is 483. The van der Waals surface area contributed by atoms with Crippen molar-refractivity contribution in [1.82, 2.24) is 4.90 Å². The highest BCUT2D eigenvalue weighted by atomic mass is 32.2. The van der Waals surface area contributed by atoms with Gasteiger partial charge in [0.15, 0.2) is 5.17 Å². The molecule has 100 valence electrons. The van der Waals surface area contributed by atoms with Crippen molar-refractivity contribution in [2.24, 2.45) is 4.99 Å². The van der Waals surface area contributed by atoms with Crippen LogP contribution in [-0.2, 0) is 16.0 Å². The smallest absolute Gasteiger partial charge is 0.262 e. The summed E-state index contributed by atoms with van der Waals surface area (Å²) in [5.74, 6) is -0.00431. The first-order chi connectivity index (χ1) is 9.33. The Morgan fingerprint density at radius 3 is 2.74 bits per heavy atom. The molecule has 4 nitrogen and oxygen atoms in total. The number of hydrogen-bond acceptors (Lipinski definition) is 4. The van der Waals surface area contributed by atoms with Crippen molar-refractivity contribution in [3.8, 4) is 0 Å². The third-order valence-corrected chi connectivity index (χ3v) is 4.49. The van der Waals surface area contributed by atoms with Crippen molar-refractivity contribution < 1.29 is 9.53 Å². The fourth-order valence-corrected chi connectivity index (χ4v) is 3.39. The number of amides is 1. The maximum absolute atomic E-state index is 12.0. The lowest BCUT2D eigenvalue weighted by molar-refractivity contribution is -0.117.